The van der Waals surface area contributed by atoms with Crippen molar-refractivity contribution in [2.24, 2.45) is 17.8 Å². The third-order valence-electron chi connectivity index (χ3n) is 4.07. The topological polar surface area (TPSA) is 0 Å². The quantitative estimate of drug-likeness (QED) is 0.494. The number of hydrogen-bond acceptors (Lipinski definition) is 0. The number of hydrogen-bond donors (Lipinski definition) is 0. The fourth-order valence-corrected chi connectivity index (χ4v) is 2.53. The summed E-state index contributed by atoms with van der Waals surface area (Å²) in [5.41, 5.74) is 0. The summed E-state index contributed by atoms with van der Waals surface area (Å²) in [4.78, 5) is 0. The second-order valence-electron chi connectivity index (χ2n) is 6.04. The van der Waals surface area contributed by atoms with Crippen molar-refractivity contribution in [1.82, 2.24) is 0 Å². The van der Waals surface area contributed by atoms with Crippen molar-refractivity contribution in [2.75, 3.05) is 0 Å². The Bertz CT molecular complexity index is 178. The van der Waals surface area contributed by atoms with Crippen LogP contribution in [0.15, 0.2) is 12.2 Å². The molecule has 0 bridgehead atoms. The van der Waals surface area contributed by atoms with Gasteiger partial charge in [-0.25, -0.2) is 0 Å². The molecule has 2 aliphatic rings. The van der Waals surface area contributed by atoms with Gasteiger partial charge in [0.25, 0.3) is 0 Å². The minimum atomic E-state index is 0.897. The van der Waals surface area contributed by atoms with Crippen molar-refractivity contribution in [1.29, 1.82) is 0 Å². The maximum atomic E-state index is 2.46. The van der Waals surface area contributed by atoms with Crippen LogP contribution in [0.3, 0.4) is 0 Å². The third kappa shape index (κ3) is 8.78. The van der Waals surface area contributed by atoms with Crippen LogP contribution in [-0.2, 0) is 0 Å². The Morgan fingerprint density at radius 3 is 1.67 bits per heavy atom. The largest absolute Gasteiger partial charge is 0.0882 e. The fourth-order valence-electron chi connectivity index (χ4n) is 2.53. The molecular formula is C18H36. The van der Waals surface area contributed by atoms with Crippen LogP contribution >= 0.6 is 0 Å². The molecule has 0 heteroatoms. The summed E-state index contributed by atoms with van der Waals surface area (Å²) in [5.74, 6) is 2.97. The molecular weight excluding hydrogens is 216 g/mol. The van der Waals surface area contributed by atoms with Crippen LogP contribution in [0.5, 0.6) is 0 Å². The predicted octanol–water partition coefficient (Wildman–Crippen LogP) is 6.61. The minimum absolute atomic E-state index is 0.897. The number of allylic oxidation sites excluding steroid dienone is 2. The zero-order valence-electron chi connectivity index (χ0n) is 13.5. The lowest BCUT2D eigenvalue weighted by Crippen LogP contribution is -2.08. The van der Waals surface area contributed by atoms with E-state index in [4.69, 9.17) is 0 Å². The lowest BCUT2D eigenvalue weighted by Gasteiger charge is -2.19. The summed E-state index contributed by atoms with van der Waals surface area (Å²) in [6, 6.07) is 0. The normalized spacial score (nSPS) is 19.4. The summed E-state index contributed by atoms with van der Waals surface area (Å²) in [5, 5.41) is 0. The Labute approximate surface area is 116 Å². The van der Waals surface area contributed by atoms with E-state index in [1.54, 1.807) is 0 Å². The molecule has 18 heavy (non-hydrogen) atoms. The van der Waals surface area contributed by atoms with E-state index in [0.717, 1.165) is 17.8 Å². The van der Waals surface area contributed by atoms with Gasteiger partial charge in [0.2, 0.25) is 0 Å². The van der Waals surface area contributed by atoms with Gasteiger partial charge < -0.3 is 0 Å². The van der Waals surface area contributed by atoms with Gasteiger partial charge in [0.15, 0.2) is 0 Å². The molecule has 0 amide bonds. The lowest BCUT2D eigenvalue weighted by atomic mass is 9.87. The fraction of sp³-hybridized carbons (Fsp3) is 0.889. The van der Waals surface area contributed by atoms with Crippen molar-refractivity contribution in [3.05, 3.63) is 12.2 Å². The highest BCUT2D eigenvalue weighted by atomic mass is 14.3. The molecule has 0 aromatic carbocycles. The van der Waals surface area contributed by atoms with Gasteiger partial charge in [-0.15, -0.1) is 0 Å². The first-order valence-corrected chi connectivity index (χ1v) is 8.35. The average molecular weight is 252 g/mol. The van der Waals surface area contributed by atoms with E-state index < -0.39 is 0 Å². The Balaban J connectivity index is 0.000000399. The maximum absolute atomic E-state index is 2.46. The van der Waals surface area contributed by atoms with Gasteiger partial charge in [0.1, 0.15) is 0 Å². The smallest absolute Gasteiger partial charge is 0.0316 e. The van der Waals surface area contributed by atoms with Gasteiger partial charge in [-0.2, -0.15) is 0 Å². The average Bonchev–Trinajstić information content (AvgIpc) is 2.79. The van der Waals surface area contributed by atoms with Crippen molar-refractivity contribution in [2.45, 2.75) is 86.0 Å². The molecule has 1 saturated carbocycles. The summed E-state index contributed by atoms with van der Waals surface area (Å²) in [7, 11) is 0. The highest BCUT2D eigenvalue weighted by molar-refractivity contribution is 4.93. The Kier molecular flexibility index (Phi) is 11.6. The molecule has 2 aliphatic carbocycles. The van der Waals surface area contributed by atoms with Crippen LogP contribution in [0.4, 0.5) is 0 Å². The van der Waals surface area contributed by atoms with E-state index in [2.05, 4.69) is 32.9 Å². The standard InChI is InChI=1S/C12H24.C4H6.C2H6/c1-10(2)8-9-11(3)12-6-4-5-7-12;1-2-4-3-1;1-2/h10-12H,4-9H2,1-3H3;1-2H,3-4H2;1-2H3. The molecule has 0 aromatic heterocycles. The summed E-state index contributed by atoms with van der Waals surface area (Å²) < 4.78 is 0. The highest BCUT2D eigenvalue weighted by Crippen LogP contribution is 2.33. The van der Waals surface area contributed by atoms with Crippen LogP contribution in [0, 0.1) is 17.8 Å². The monoisotopic (exact) mass is 252 g/mol. The molecule has 1 atom stereocenters. The van der Waals surface area contributed by atoms with Crippen LogP contribution in [0.2, 0.25) is 0 Å². The van der Waals surface area contributed by atoms with Crippen LogP contribution in [-0.4, -0.2) is 0 Å². The van der Waals surface area contributed by atoms with Gasteiger partial charge in [0.05, 0.1) is 0 Å². The molecule has 0 aromatic rings. The first-order chi connectivity index (χ1) is 8.70. The van der Waals surface area contributed by atoms with Crippen LogP contribution in [0.25, 0.3) is 0 Å². The first-order valence-electron chi connectivity index (χ1n) is 8.35. The second-order valence-corrected chi connectivity index (χ2v) is 6.04. The van der Waals surface area contributed by atoms with Gasteiger partial charge in [-0.1, -0.05) is 85.3 Å². The molecule has 1 fully saturated rings. The van der Waals surface area contributed by atoms with E-state index >= 15 is 0 Å². The molecule has 0 nitrogen and oxygen atoms in total. The van der Waals surface area contributed by atoms with Gasteiger partial charge in [0, 0.05) is 0 Å². The number of rotatable bonds is 4. The summed E-state index contributed by atoms with van der Waals surface area (Å²) >= 11 is 0. The molecule has 0 saturated heterocycles. The van der Waals surface area contributed by atoms with Crippen molar-refractivity contribution < 1.29 is 0 Å². The maximum Gasteiger partial charge on any atom is -0.0316 e. The zero-order valence-corrected chi connectivity index (χ0v) is 13.5. The van der Waals surface area contributed by atoms with Gasteiger partial charge >= 0.3 is 0 Å². The molecule has 0 heterocycles. The zero-order chi connectivity index (χ0) is 13.8. The van der Waals surface area contributed by atoms with Crippen LogP contribution < -0.4 is 0 Å². The lowest BCUT2D eigenvalue weighted by molar-refractivity contribution is 0.322. The van der Waals surface area contributed by atoms with E-state index in [-0.39, 0.29) is 0 Å². The Hall–Kier alpha value is -0.260. The van der Waals surface area contributed by atoms with E-state index in [1.165, 1.54) is 51.4 Å². The van der Waals surface area contributed by atoms with E-state index in [0.29, 0.717) is 0 Å². The predicted molar refractivity (Wildman–Crippen MR) is 84.9 cm³/mol. The second kappa shape index (κ2) is 11.8. The Morgan fingerprint density at radius 1 is 0.889 bits per heavy atom. The SMILES string of the molecule is C1=CCC1.CC.CC(C)CCC(C)C1CCCC1. The molecule has 0 N–H and O–H groups in total. The van der Waals surface area contributed by atoms with Crippen molar-refractivity contribution in [3.8, 4) is 0 Å². The van der Waals surface area contributed by atoms with Crippen molar-refractivity contribution in [3.63, 3.8) is 0 Å². The van der Waals surface area contributed by atoms with E-state index in [9.17, 15) is 0 Å². The van der Waals surface area contributed by atoms with Crippen LogP contribution in [0.1, 0.15) is 86.0 Å². The molecule has 2 rings (SSSR count). The molecule has 0 spiro atoms. The van der Waals surface area contributed by atoms with E-state index in [1.807, 2.05) is 13.8 Å². The van der Waals surface area contributed by atoms with Crippen molar-refractivity contribution >= 4 is 0 Å². The molecule has 108 valence electrons. The molecule has 0 radical (unpaired) electrons. The first kappa shape index (κ1) is 17.7. The summed E-state index contributed by atoms with van der Waals surface area (Å²) in [6.45, 7) is 11.1. The van der Waals surface area contributed by atoms with Gasteiger partial charge in [-0.05, 0) is 30.6 Å². The Morgan fingerprint density at radius 2 is 1.33 bits per heavy atom. The highest BCUT2D eigenvalue weighted by Gasteiger charge is 2.20. The minimum Gasteiger partial charge on any atom is -0.0882 e. The van der Waals surface area contributed by atoms with Gasteiger partial charge in [-0.3, -0.25) is 0 Å². The summed E-state index contributed by atoms with van der Waals surface area (Å²) in [6.07, 6.45) is 15.9. The third-order valence-corrected chi connectivity index (χ3v) is 4.07. The molecule has 0 aliphatic heterocycles. The molecule has 1 unspecified atom stereocenters.